The second-order valence-electron chi connectivity index (χ2n) is 13.1. The molecule has 2 aliphatic rings. The highest BCUT2D eigenvalue weighted by molar-refractivity contribution is 5.95. The third kappa shape index (κ3) is 6.57. The predicted octanol–water partition coefficient (Wildman–Crippen LogP) is 5.66. The minimum atomic E-state index is -1.18. The van der Waals surface area contributed by atoms with E-state index in [-0.39, 0.29) is 25.4 Å². The molecule has 1 aromatic carbocycles. The highest BCUT2D eigenvalue weighted by atomic mass is 16.6. The van der Waals surface area contributed by atoms with Crippen molar-refractivity contribution in [2.75, 3.05) is 13.7 Å². The average Bonchev–Trinajstić information content (AvgIpc) is 3.55. The number of methoxy groups -OCH3 is 1. The van der Waals surface area contributed by atoms with E-state index in [0.29, 0.717) is 34.8 Å². The van der Waals surface area contributed by atoms with E-state index in [2.05, 4.69) is 16.9 Å². The van der Waals surface area contributed by atoms with Crippen LogP contribution in [0.3, 0.4) is 0 Å². The summed E-state index contributed by atoms with van der Waals surface area (Å²) in [4.78, 5) is 49.9. The molecule has 244 valence electrons. The maximum absolute atomic E-state index is 13.9. The summed E-state index contributed by atoms with van der Waals surface area (Å²) < 4.78 is 23.3. The number of pyridine rings is 2. The summed E-state index contributed by atoms with van der Waals surface area (Å²) in [6.45, 7) is 14.9. The van der Waals surface area contributed by atoms with Crippen LogP contribution in [0.4, 0.5) is 0 Å². The molecule has 2 heterocycles. The van der Waals surface area contributed by atoms with E-state index in [1.807, 2.05) is 50.2 Å². The van der Waals surface area contributed by atoms with Gasteiger partial charge in [-0.1, -0.05) is 12.1 Å². The number of benzene rings is 1. The van der Waals surface area contributed by atoms with E-state index in [9.17, 15) is 14.4 Å². The lowest BCUT2D eigenvalue weighted by atomic mass is 9.94. The van der Waals surface area contributed by atoms with Gasteiger partial charge in [-0.3, -0.25) is 14.6 Å². The van der Waals surface area contributed by atoms with Gasteiger partial charge in [-0.15, -0.1) is 6.58 Å². The summed E-state index contributed by atoms with van der Waals surface area (Å²) in [5.74, 6) is -1.97. The van der Waals surface area contributed by atoms with E-state index >= 15 is 0 Å². The van der Waals surface area contributed by atoms with Crippen molar-refractivity contribution in [3.05, 3.63) is 60.3 Å². The predicted molar refractivity (Wildman–Crippen MR) is 173 cm³/mol. The van der Waals surface area contributed by atoms with E-state index in [4.69, 9.17) is 23.9 Å². The summed E-state index contributed by atoms with van der Waals surface area (Å²) in [6.07, 6.45) is 2.03. The minimum Gasteiger partial charge on any atom is -0.496 e. The third-order valence-electron chi connectivity index (χ3n) is 8.66. The van der Waals surface area contributed by atoms with Gasteiger partial charge in [-0.2, -0.15) is 0 Å². The molecule has 0 saturated heterocycles. The molecule has 5 atom stereocenters. The summed E-state index contributed by atoms with van der Waals surface area (Å²) in [5, 5.41) is 3.70. The standard InChI is InChI=1S/C36H43N3O7/c1-9-22-19-36(22,34(42)44-10-2)39-32(40)25-16-23(17-26(25)33(41)46-35(5,6)7)45-30-18-28(27-13-11-12-20(3)37-27)38-31-21(4)29(43-8)15-14-24(30)31/h9,11-15,18,22-23,25-26H,1,10,16-17,19H2,2-8H3,(H,39,40)/t22-,23-,25-,26-,36?/m1/s1. The van der Waals surface area contributed by atoms with E-state index < -0.39 is 46.9 Å². The van der Waals surface area contributed by atoms with Crippen LogP contribution in [0.15, 0.2) is 49.1 Å². The number of nitrogens with zero attached hydrogens (tertiary/aromatic N) is 2. The Hall–Kier alpha value is -4.47. The van der Waals surface area contributed by atoms with Crippen molar-refractivity contribution >= 4 is 28.7 Å². The number of aryl methyl sites for hydroxylation is 2. The number of aromatic nitrogens is 2. The van der Waals surface area contributed by atoms with Gasteiger partial charge < -0.3 is 24.3 Å². The Morgan fingerprint density at radius 3 is 2.41 bits per heavy atom. The molecule has 1 unspecified atom stereocenters. The van der Waals surface area contributed by atoms with Crippen molar-refractivity contribution < 1.29 is 33.3 Å². The first-order valence-electron chi connectivity index (χ1n) is 15.7. The molecule has 10 nitrogen and oxygen atoms in total. The number of carbonyl (C=O) groups excluding carboxylic acids is 3. The molecule has 2 aliphatic carbocycles. The number of ether oxygens (including phenoxy) is 4. The van der Waals surface area contributed by atoms with Crippen LogP contribution in [-0.2, 0) is 23.9 Å². The molecule has 0 aliphatic heterocycles. The fraction of sp³-hybridized carbons (Fsp3) is 0.472. The number of rotatable bonds is 10. The van der Waals surface area contributed by atoms with Crippen LogP contribution in [-0.4, -0.2) is 58.8 Å². The fourth-order valence-electron chi connectivity index (χ4n) is 6.28. The maximum Gasteiger partial charge on any atom is 0.332 e. The van der Waals surface area contributed by atoms with Crippen molar-refractivity contribution in [2.24, 2.45) is 17.8 Å². The number of hydrogen-bond acceptors (Lipinski definition) is 9. The van der Waals surface area contributed by atoms with Crippen LogP contribution in [0.1, 0.15) is 58.2 Å². The summed E-state index contributed by atoms with van der Waals surface area (Å²) >= 11 is 0. The molecular formula is C36H43N3O7. The Morgan fingerprint density at radius 1 is 1.04 bits per heavy atom. The van der Waals surface area contributed by atoms with Crippen LogP contribution in [0.5, 0.6) is 11.5 Å². The van der Waals surface area contributed by atoms with E-state index in [0.717, 1.165) is 16.6 Å². The van der Waals surface area contributed by atoms with Crippen LogP contribution in [0.2, 0.25) is 0 Å². The average molecular weight is 630 g/mol. The van der Waals surface area contributed by atoms with Crippen LogP contribution in [0.25, 0.3) is 22.3 Å². The lowest BCUT2D eigenvalue weighted by molar-refractivity contribution is -0.163. The normalized spacial score (nSPS) is 23.8. The molecule has 3 aromatic rings. The number of nitrogens with one attached hydrogen (secondary N) is 1. The molecule has 10 heteroatoms. The Kier molecular flexibility index (Phi) is 9.11. The molecule has 46 heavy (non-hydrogen) atoms. The topological polar surface area (TPSA) is 126 Å². The highest BCUT2D eigenvalue weighted by Gasteiger charge is 2.62. The first kappa shape index (κ1) is 32.9. The van der Waals surface area contributed by atoms with Crippen molar-refractivity contribution in [3.63, 3.8) is 0 Å². The molecule has 2 fully saturated rings. The van der Waals surface area contributed by atoms with Crippen molar-refractivity contribution in [1.29, 1.82) is 0 Å². The summed E-state index contributed by atoms with van der Waals surface area (Å²) in [7, 11) is 1.61. The highest BCUT2D eigenvalue weighted by Crippen LogP contribution is 2.47. The monoisotopic (exact) mass is 629 g/mol. The van der Waals surface area contributed by atoms with Gasteiger partial charge in [0, 0.05) is 28.6 Å². The zero-order valence-corrected chi connectivity index (χ0v) is 27.6. The maximum atomic E-state index is 13.9. The lowest BCUT2D eigenvalue weighted by Gasteiger charge is -2.25. The summed E-state index contributed by atoms with van der Waals surface area (Å²) in [6, 6.07) is 11.3. The number of amides is 1. The lowest BCUT2D eigenvalue weighted by Crippen LogP contribution is -2.49. The second-order valence-corrected chi connectivity index (χ2v) is 13.1. The number of hydrogen-bond donors (Lipinski definition) is 1. The quantitative estimate of drug-likeness (QED) is 0.223. The molecule has 1 N–H and O–H groups in total. The largest absolute Gasteiger partial charge is 0.496 e. The molecular weight excluding hydrogens is 586 g/mol. The van der Waals surface area contributed by atoms with Crippen LogP contribution >= 0.6 is 0 Å². The van der Waals surface area contributed by atoms with Gasteiger partial charge in [-0.05, 0) is 85.1 Å². The van der Waals surface area contributed by atoms with Gasteiger partial charge in [-0.25, -0.2) is 9.78 Å². The number of fused-ring (bicyclic) bond motifs is 1. The first-order chi connectivity index (χ1) is 21.8. The van der Waals surface area contributed by atoms with Gasteiger partial charge in [0.15, 0.2) is 0 Å². The Balaban J connectivity index is 1.50. The van der Waals surface area contributed by atoms with Gasteiger partial charge in [0.2, 0.25) is 5.91 Å². The van der Waals surface area contributed by atoms with Crippen LogP contribution < -0.4 is 14.8 Å². The molecule has 5 rings (SSSR count). The molecule has 1 amide bonds. The number of esters is 2. The molecule has 0 bridgehead atoms. The second kappa shape index (κ2) is 12.7. The Bertz CT molecular complexity index is 1680. The minimum absolute atomic E-state index is 0.186. The smallest absolute Gasteiger partial charge is 0.332 e. The molecule has 0 spiro atoms. The molecule has 2 aromatic heterocycles. The fourth-order valence-corrected chi connectivity index (χ4v) is 6.28. The van der Waals surface area contributed by atoms with Crippen molar-refractivity contribution in [2.45, 2.75) is 78.0 Å². The van der Waals surface area contributed by atoms with Gasteiger partial charge in [0.05, 0.1) is 42.5 Å². The zero-order valence-electron chi connectivity index (χ0n) is 27.6. The first-order valence-corrected chi connectivity index (χ1v) is 15.7. The SMILES string of the molecule is C=C[C@@H]1CC1(NC(=O)[C@@H]1C[C@@H](Oc2cc(-c3cccc(C)n3)nc3c(C)c(OC)ccc23)C[C@H]1C(=O)OC(C)(C)C)C(=O)OCC. The van der Waals surface area contributed by atoms with Crippen molar-refractivity contribution in [3.8, 4) is 22.9 Å². The van der Waals surface area contributed by atoms with Gasteiger partial charge >= 0.3 is 11.9 Å². The zero-order chi connectivity index (χ0) is 33.4. The third-order valence-corrected chi connectivity index (χ3v) is 8.66. The van der Waals surface area contributed by atoms with Gasteiger partial charge in [0.1, 0.15) is 28.7 Å². The van der Waals surface area contributed by atoms with E-state index in [1.54, 1.807) is 40.9 Å². The Labute approximate surface area is 269 Å². The number of carbonyl (C=O) groups is 3. The summed E-state index contributed by atoms with van der Waals surface area (Å²) in [5.41, 5.74) is 1.78. The molecule has 2 saturated carbocycles. The van der Waals surface area contributed by atoms with Gasteiger partial charge in [0.25, 0.3) is 0 Å². The Morgan fingerprint density at radius 2 is 1.78 bits per heavy atom. The molecule has 0 radical (unpaired) electrons. The van der Waals surface area contributed by atoms with E-state index in [1.165, 1.54) is 0 Å². The van der Waals surface area contributed by atoms with Crippen LogP contribution in [0, 0.1) is 31.6 Å². The van der Waals surface area contributed by atoms with Crippen molar-refractivity contribution in [1.82, 2.24) is 15.3 Å².